The summed E-state index contributed by atoms with van der Waals surface area (Å²) in [5.41, 5.74) is -5.30. The van der Waals surface area contributed by atoms with Crippen molar-refractivity contribution < 1.29 is 21.6 Å². The van der Waals surface area contributed by atoms with Crippen LogP contribution in [0.2, 0.25) is 0 Å². The van der Waals surface area contributed by atoms with Gasteiger partial charge < -0.3 is 0 Å². The van der Waals surface area contributed by atoms with E-state index in [-0.39, 0.29) is 0 Å². The summed E-state index contributed by atoms with van der Waals surface area (Å²) in [4.78, 5) is 3.20. The number of sulfone groups is 1. The Morgan fingerprint density at radius 1 is 1.29 bits per heavy atom. The average Bonchev–Trinajstić information content (AvgIpc) is 2.03. The monoisotopic (exact) mass is 337 g/mol. The summed E-state index contributed by atoms with van der Waals surface area (Å²) in [6.07, 6.45) is 1.05. The molecule has 0 aromatic carbocycles. The van der Waals surface area contributed by atoms with E-state index < -0.39 is 20.4 Å². The number of aromatic nitrogens is 1. The fourth-order valence-corrected chi connectivity index (χ4v) is 1.63. The zero-order chi connectivity index (χ0) is 11.0. The van der Waals surface area contributed by atoms with E-state index in [0.29, 0.717) is 3.57 Å². The van der Waals surface area contributed by atoms with Crippen LogP contribution in [0, 0.1) is 3.57 Å². The standard InChI is InChI=1S/C6H3F3INO2S/c7-6(8,9)14(12,13)5-2-1-4(10)3-11-5/h1-3H. The third kappa shape index (κ3) is 2.16. The van der Waals surface area contributed by atoms with Gasteiger partial charge in [-0.3, -0.25) is 0 Å². The minimum absolute atomic E-state index is 0.559. The molecule has 1 aromatic heterocycles. The minimum atomic E-state index is -5.31. The second kappa shape index (κ2) is 3.65. The Kier molecular flexibility index (Phi) is 3.04. The maximum absolute atomic E-state index is 12.0. The van der Waals surface area contributed by atoms with Gasteiger partial charge in [0.2, 0.25) is 0 Å². The first kappa shape index (κ1) is 11.7. The predicted octanol–water partition coefficient (Wildman–Crippen LogP) is 1.98. The average molecular weight is 337 g/mol. The fourth-order valence-electron chi connectivity index (χ4n) is 0.640. The molecule has 0 saturated heterocycles. The molecular formula is C6H3F3INO2S. The highest BCUT2D eigenvalue weighted by atomic mass is 127. The van der Waals surface area contributed by atoms with Crippen molar-refractivity contribution in [1.29, 1.82) is 0 Å². The number of nitrogens with zero attached hydrogens (tertiary/aromatic N) is 1. The third-order valence-corrected chi connectivity index (χ3v) is 3.32. The van der Waals surface area contributed by atoms with Crippen LogP contribution in [0.3, 0.4) is 0 Å². The zero-order valence-electron chi connectivity index (χ0n) is 6.42. The Bertz CT molecular complexity index is 425. The van der Waals surface area contributed by atoms with Gasteiger partial charge >= 0.3 is 5.51 Å². The Morgan fingerprint density at radius 2 is 1.86 bits per heavy atom. The van der Waals surface area contributed by atoms with E-state index in [2.05, 4.69) is 4.98 Å². The number of hydrogen-bond acceptors (Lipinski definition) is 3. The molecule has 1 aromatic rings. The predicted molar refractivity (Wildman–Crippen MR) is 50.2 cm³/mol. The lowest BCUT2D eigenvalue weighted by atomic mass is 10.5. The summed E-state index contributed by atoms with van der Waals surface area (Å²) in [5, 5.41) is -0.981. The van der Waals surface area contributed by atoms with Crippen LogP contribution in [0.4, 0.5) is 13.2 Å². The van der Waals surface area contributed by atoms with Crippen LogP contribution in [0.5, 0.6) is 0 Å². The molecule has 1 rings (SSSR count). The molecule has 78 valence electrons. The molecular weight excluding hydrogens is 334 g/mol. The molecule has 0 atom stereocenters. The number of rotatable bonds is 1. The van der Waals surface area contributed by atoms with Crippen LogP contribution in [0.25, 0.3) is 0 Å². The summed E-state index contributed by atoms with van der Waals surface area (Å²) in [6, 6.07) is 2.07. The topological polar surface area (TPSA) is 47.0 Å². The van der Waals surface area contributed by atoms with E-state index >= 15 is 0 Å². The molecule has 0 aliphatic carbocycles. The molecule has 3 nitrogen and oxygen atoms in total. The second-order valence-corrected chi connectivity index (χ2v) is 5.40. The van der Waals surface area contributed by atoms with Crippen molar-refractivity contribution in [2.45, 2.75) is 10.5 Å². The smallest absolute Gasteiger partial charge is 0.243 e. The normalized spacial score (nSPS) is 12.9. The van der Waals surface area contributed by atoms with Crippen molar-refractivity contribution in [2.24, 2.45) is 0 Å². The van der Waals surface area contributed by atoms with Crippen molar-refractivity contribution in [3.8, 4) is 0 Å². The summed E-state index contributed by atoms with van der Waals surface area (Å²) in [6.45, 7) is 0. The van der Waals surface area contributed by atoms with Crippen molar-refractivity contribution in [3.05, 3.63) is 21.9 Å². The van der Waals surface area contributed by atoms with Crippen LogP contribution in [0.1, 0.15) is 0 Å². The summed E-state index contributed by atoms with van der Waals surface area (Å²) < 4.78 is 58.1. The van der Waals surface area contributed by atoms with Crippen LogP contribution in [0.15, 0.2) is 23.4 Å². The highest BCUT2D eigenvalue weighted by molar-refractivity contribution is 14.1. The maximum atomic E-state index is 12.0. The maximum Gasteiger partial charge on any atom is 0.503 e. The second-order valence-electron chi connectivity index (χ2n) is 2.26. The van der Waals surface area contributed by atoms with Gasteiger partial charge in [0.1, 0.15) is 0 Å². The lowest BCUT2D eigenvalue weighted by Gasteiger charge is -2.06. The molecule has 0 radical (unpaired) electrons. The van der Waals surface area contributed by atoms with E-state index in [1.807, 2.05) is 22.6 Å². The molecule has 0 N–H and O–H groups in total. The van der Waals surface area contributed by atoms with E-state index in [4.69, 9.17) is 0 Å². The summed E-state index contributed by atoms with van der Waals surface area (Å²) >= 11 is 1.81. The first-order valence-corrected chi connectivity index (χ1v) is 5.74. The molecule has 0 fully saturated rings. The van der Waals surface area contributed by atoms with Gasteiger partial charge in [-0.1, -0.05) is 0 Å². The van der Waals surface area contributed by atoms with Crippen LogP contribution in [-0.2, 0) is 9.84 Å². The molecule has 1 heterocycles. The van der Waals surface area contributed by atoms with Gasteiger partial charge in [0.25, 0.3) is 9.84 Å². The van der Waals surface area contributed by atoms with Gasteiger partial charge in [0, 0.05) is 9.77 Å². The first-order chi connectivity index (χ1) is 6.25. The number of halogens is 4. The molecule has 0 amide bonds. The highest BCUT2D eigenvalue weighted by Crippen LogP contribution is 2.28. The molecule has 0 bridgehead atoms. The van der Waals surface area contributed by atoms with Gasteiger partial charge in [0.15, 0.2) is 5.03 Å². The quantitative estimate of drug-likeness (QED) is 0.737. The zero-order valence-corrected chi connectivity index (χ0v) is 9.39. The molecule has 0 aliphatic heterocycles. The van der Waals surface area contributed by atoms with Gasteiger partial charge in [0.05, 0.1) is 0 Å². The highest BCUT2D eigenvalue weighted by Gasteiger charge is 2.47. The van der Waals surface area contributed by atoms with Gasteiger partial charge in [-0.25, -0.2) is 13.4 Å². The van der Waals surface area contributed by atoms with Crippen molar-refractivity contribution in [3.63, 3.8) is 0 Å². The van der Waals surface area contributed by atoms with E-state index in [1.165, 1.54) is 6.07 Å². The van der Waals surface area contributed by atoms with Gasteiger partial charge in [-0.2, -0.15) is 13.2 Å². The Balaban J connectivity index is 3.25. The van der Waals surface area contributed by atoms with Crippen molar-refractivity contribution in [2.75, 3.05) is 0 Å². The van der Waals surface area contributed by atoms with E-state index in [1.54, 1.807) is 0 Å². The molecule has 0 saturated carbocycles. The minimum Gasteiger partial charge on any atom is -0.243 e. The first-order valence-electron chi connectivity index (χ1n) is 3.18. The van der Waals surface area contributed by atoms with Gasteiger partial charge in [-0.15, -0.1) is 0 Å². The lowest BCUT2D eigenvalue weighted by molar-refractivity contribution is -0.0438. The molecule has 0 spiro atoms. The molecule has 14 heavy (non-hydrogen) atoms. The van der Waals surface area contributed by atoms with Crippen LogP contribution >= 0.6 is 22.6 Å². The third-order valence-electron chi connectivity index (χ3n) is 1.28. The lowest BCUT2D eigenvalue weighted by Crippen LogP contribution is -2.24. The summed E-state index contributed by atoms with van der Waals surface area (Å²) in [5.74, 6) is 0. The molecule has 0 aliphatic rings. The summed E-state index contributed by atoms with van der Waals surface area (Å²) in [7, 11) is -5.31. The molecule has 0 unspecified atom stereocenters. The number of alkyl halides is 3. The Hall–Kier alpha value is -0.380. The van der Waals surface area contributed by atoms with E-state index in [0.717, 1.165) is 12.3 Å². The van der Waals surface area contributed by atoms with Crippen LogP contribution in [-0.4, -0.2) is 18.9 Å². The van der Waals surface area contributed by atoms with Crippen molar-refractivity contribution >= 4 is 32.4 Å². The largest absolute Gasteiger partial charge is 0.503 e. The Morgan fingerprint density at radius 3 is 2.21 bits per heavy atom. The fraction of sp³-hybridized carbons (Fsp3) is 0.167. The van der Waals surface area contributed by atoms with Gasteiger partial charge in [-0.05, 0) is 34.7 Å². The van der Waals surface area contributed by atoms with Crippen LogP contribution < -0.4 is 0 Å². The SMILES string of the molecule is O=S(=O)(c1ccc(I)cn1)C(F)(F)F. The molecule has 8 heteroatoms. The Labute approximate surface area is 91.4 Å². The van der Waals surface area contributed by atoms with Crippen molar-refractivity contribution in [1.82, 2.24) is 4.98 Å². The number of pyridine rings is 1. The van der Waals surface area contributed by atoms with E-state index in [9.17, 15) is 21.6 Å². The number of hydrogen-bond donors (Lipinski definition) is 0.